The Labute approximate surface area is 143 Å². The summed E-state index contributed by atoms with van der Waals surface area (Å²) in [4.78, 5) is 30.6. The van der Waals surface area contributed by atoms with Gasteiger partial charge in [-0.1, -0.05) is 20.3 Å². The lowest BCUT2D eigenvalue weighted by Crippen LogP contribution is -2.50. The molecule has 9 heteroatoms. The second-order valence-corrected chi connectivity index (χ2v) is 6.00. The van der Waals surface area contributed by atoms with Crippen LogP contribution in [0.1, 0.15) is 25.8 Å². The number of hydrogen-bond acceptors (Lipinski definition) is 4. The molecule has 132 valence electrons. The maximum Gasteiger partial charge on any atom is 0.324 e. The number of nitrogens with zero attached hydrogens (tertiary/aromatic N) is 3. The summed E-state index contributed by atoms with van der Waals surface area (Å²) in [6.07, 6.45) is 4.64. The highest BCUT2D eigenvalue weighted by Crippen LogP contribution is 2.28. The van der Waals surface area contributed by atoms with Crippen LogP contribution in [0.4, 0.5) is 20.7 Å². The van der Waals surface area contributed by atoms with Gasteiger partial charge in [0, 0.05) is 11.6 Å². The number of carbonyl (C=O) groups excluding carboxylic acids is 2. The number of carbonyl (C=O) groups is 2. The first-order chi connectivity index (χ1) is 12.0. The normalized spacial score (nSPS) is 18.1. The molecule has 0 aliphatic carbocycles. The molecule has 3 N–H and O–H groups in total. The van der Waals surface area contributed by atoms with Gasteiger partial charge >= 0.3 is 6.03 Å². The second-order valence-electron chi connectivity index (χ2n) is 6.00. The van der Waals surface area contributed by atoms with Crippen molar-refractivity contribution in [2.75, 3.05) is 10.6 Å². The molecule has 0 radical (unpaired) electrons. The van der Waals surface area contributed by atoms with Crippen molar-refractivity contribution in [1.29, 1.82) is 0 Å². The van der Waals surface area contributed by atoms with Gasteiger partial charge in [-0.2, -0.15) is 5.10 Å². The van der Waals surface area contributed by atoms with Gasteiger partial charge in [-0.05, 0) is 5.92 Å². The number of urea groups is 1. The Balaban J connectivity index is 1.98. The van der Waals surface area contributed by atoms with Gasteiger partial charge in [0.25, 0.3) is 0 Å². The van der Waals surface area contributed by atoms with Crippen LogP contribution in [-0.2, 0) is 11.3 Å². The lowest BCUT2D eigenvalue weighted by molar-refractivity contribution is -0.121. The van der Waals surface area contributed by atoms with E-state index in [2.05, 4.69) is 25.8 Å². The molecular weight excluding hydrogens is 327 g/mol. The summed E-state index contributed by atoms with van der Waals surface area (Å²) in [5.74, 6) is -0.645. The van der Waals surface area contributed by atoms with Crippen LogP contribution in [0.25, 0.3) is 0 Å². The van der Waals surface area contributed by atoms with E-state index in [1.807, 2.05) is 13.8 Å². The molecule has 0 saturated carbocycles. The fraction of sp³-hybridized carbons (Fsp3) is 0.375. The number of amides is 3. The van der Waals surface area contributed by atoms with Gasteiger partial charge in [0.1, 0.15) is 17.7 Å². The van der Waals surface area contributed by atoms with Crippen molar-refractivity contribution in [3.05, 3.63) is 36.0 Å². The highest BCUT2D eigenvalue weighted by atomic mass is 19.1. The number of pyridine rings is 1. The smallest absolute Gasteiger partial charge is 0.323 e. The van der Waals surface area contributed by atoms with Crippen LogP contribution in [0, 0.1) is 11.7 Å². The fourth-order valence-corrected chi connectivity index (χ4v) is 2.85. The van der Waals surface area contributed by atoms with Crippen LogP contribution in [-0.4, -0.2) is 38.1 Å². The van der Waals surface area contributed by atoms with Gasteiger partial charge in [0.05, 0.1) is 30.8 Å². The van der Waals surface area contributed by atoms with E-state index in [1.54, 1.807) is 6.07 Å². The zero-order valence-corrected chi connectivity index (χ0v) is 13.9. The first-order valence-electron chi connectivity index (χ1n) is 8.01. The van der Waals surface area contributed by atoms with Crippen LogP contribution in [0.15, 0.2) is 24.7 Å². The summed E-state index contributed by atoms with van der Waals surface area (Å²) in [6, 6.07) is 0.348. The first kappa shape index (κ1) is 16.9. The number of anilines is 2. The van der Waals surface area contributed by atoms with E-state index in [4.69, 9.17) is 0 Å². The molecule has 3 heterocycles. The predicted molar refractivity (Wildman–Crippen MR) is 89.2 cm³/mol. The number of halogens is 1. The molecule has 2 atom stereocenters. The molecular formula is C16H19FN6O2. The summed E-state index contributed by atoms with van der Waals surface area (Å²) in [5, 5.41) is 11.7. The maximum absolute atomic E-state index is 14.2. The predicted octanol–water partition coefficient (Wildman–Crippen LogP) is 2.34. The van der Waals surface area contributed by atoms with Gasteiger partial charge in [0.15, 0.2) is 0 Å². The number of hydrogen-bond donors (Lipinski definition) is 3. The van der Waals surface area contributed by atoms with Gasteiger partial charge < -0.3 is 10.2 Å². The van der Waals surface area contributed by atoms with E-state index in [9.17, 15) is 14.0 Å². The van der Waals surface area contributed by atoms with E-state index in [0.717, 1.165) is 6.20 Å². The van der Waals surface area contributed by atoms with Gasteiger partial charge in [-0.3, -0.25) is 20.2 Å². The Hall–Kier alpha value is -2.97. The first-order valence-corrected chi connectivity index (χ1v) is 8.01. The van der Waals surface area contributed by atoms with Crippen molar-refractivity contribution >= 4 is 23.4 Å². The van der Waals surface area contributed by atoms with E-state index in [-0.39, 0.29) is 29.6 Å². The Morgan fingerprint density at radius 3 is 3.00 bits per heavy atom. The molecule has 3 amide bonds. The Morgan fingerprint density at radius 1 is 1.52 bits per heavy atom. The summed E-state index contributed by atoms with van der Waals surface area (Å²) in [6.45, 7) is 3.77. The second kappa shape index (κ2) is 6.88. The molecule has 0 fully saturated rings. The van der Waals surface area contributed by atoms with Crippen LogP contribution in [0.5, 0.6) is 0 Å². The summed E-state index contributed by atoms with van der Waals surface area (Å²) in [7, 11) is 0. The molecule has 0 saturated heterocycles. The minimum absolute atomic E-state index is 0.0442. The highest BCUT2D eigenvalue weighted by Gasteiger charge is 2.37. The minimum Gasteiger partial charge on any atom is -0.323 e. The van der Waals surface area contributed by atoms with Crippen molar-refractivity contribution in [1.82, 2.24) is 20.1 Å². The SMILES string of the molecule is CC[C@H](C)[C@H]1C(=O)Nc2cncc(F)c2CN1C(=O)Nc1ccn[nH]1. The van der Waals surface area contributed by atoms with Gasteiger partial charge in [0.2, 0.25) is 5.91 Å². The van der Waals surface area contributed by atoms with Crippen molar-refractivity contribution in [2.24, 2.45) is 5.92 Å². The van der Waals surface area contributed by atoms with E-state index < -0.39 is 17.9 Å². The molecule has 0 spiro atoms. The van der Waals surface area contributed by atoms with Crippen LogP contribution >= 0.6 is 0 Å². The highest BCUT2D eigenvalue weighted by molar-refractivity contribution is 6.00. The summed E-state index contributed by atoms with van der Waals surface area (Å²) < 4.78 is 14.2. The van der Waals surface area contributed by atoms with E-state index in [0.29, 0.717) is 12.2 Å². The third-order valence-corrected chi connectivity index (χ3v) is 4.38. The van der Waals surface area contributed by atoms with Gasteiger partial charge in [-0.15, -0.1) is 0 Å². The lowest BCUT2D eigenvalue weighted by atomic mass is 9.97. The van der Waals surface area contributed by atoms with Crippen molar-refractivity contribution < 1.29 is 14.0 Å². The zero-order chi connectivity index (χ0) is 18.0. The van der Waals surface area contributed by atoms with Crippen molar-refractivity contribution in [3.8, 4) is 0 Å². The molecule has 3 rings (SSSR count). The molecule has 1 aliphatic heterocycles. The van der Waals surface area contributed by atoms with Gasteiger partial charge in [-0.25, -0.2) is 9.18 Å². The molecule has 1 aliphatic rings. The molecule has 0 aromatic carbocycles. The molecule has 8 nitrogen and oxygen atoms in total. The van der Waals surface area contributed by atoms with Crippen molar-refractivity contribution in [2.45, 2.75) is 32.9 Å². The minimum atomic E-state index is -0.736. The maximum atomic E-state index is 14.2. The number of aromatic nitrogens is 3. The lowest BCUT2D eigenvalue weighted by Gasteiger charge is -2.32. The Bertz CT molecular complexity index is 779. The quantitative estimate of drug-likeness (QED) is 0.793. The van der Waals surface area contributed by atoms with E-state index >= 15 is 0 Å². The average molecular weight is 346 g/mol. The Kier molecular flexibility index (Phi) is 4.64. The zero-order valence-electron chi connectivity index (χ0n) is 13.9. The molecule has 2 aromatic rings. The number of fused-ring (bicyclic) bond motifs is 1. The van der Waals surface area contributed by atoms with Crippen LogP contribution in [0.2, 0.25) is 0 Å². The number of rotatable bonds is 3. The topological polar surface area (TPSA) is 103 Å². The van der Waals surface area contributed by atoms with E-state index in [1.165, 1.54) is 17.3 Å². The molecule has 0 unspecified atom stereocenters. The Morgan fingerprint density at radius 2 is 2.32 bits per heavy atom. The third-order valence-electron chi connectivity index (χ3n) is 4.38. The van der Waals surface area contributed by atoms with Crippen LogP contribution in [0.3, 0.4) is 0 Å². The summed E-state index contributed by atoms with van der Waals surface area (Å²) in [5.41, 5.74) is 0.518. The third kappa shape index (κ3) is 3.30. The fourth-order valence-electron chi connectivity index (χ4n) is 2.85. The number of nitrogens with one attached hydrogen (secondary N) is 3. The molecule has 2 aromatic heterocycles. The molecule has 0 bridgehead atoms. The largest absolute Gasteiger partial charge is 0.324 e. The van der Waals surface area contributed by atoms with Crippen molar-refractivity contribution in [3.63, 3.8) is 0 Å². The standard InChI is InChI=1S/C16H19FN6O2/c1-3-9(2)14-15(24)20-12-7-18-6-11(17)10(12)8-23(14)16(25)21-13-4-5-19-22-13/h4-7,9,14H,3,8H2,1-2H3,(H,20,24)(H2,19,21,22,25)/t9-,14-/m0/s1. The molecule has 25 heavy (non-hydrogen) atoms. The number of H-pyrrole nitrogens is 1. The van der Waals surface area contributed by atoms with Crippen LogP contribution < -0.4 is 10.6 Å². The number of aromatic amines is 1. The summed E-state index contributed by atoms with van der Waals surface area (Å²) >= 11 is 0. The average Bonchev–Trinajstić information content (AvgIpc) is 3.03. The monoisotopic (exact) mass is 346 g/mol.